The molecule has 1 saturated heterocycles. The maximum Gasteiger partial charge on any atom is 0.340 e. The van der Waals surface area contributed by atoms with Crippen LogP contribution in [0, 0.1) is 10.1 Å². The minimum absolute atomic E-state index is 0.0114. The lowest BCUT2D eigenvalue weighted by Gasteiger charge is -2.15. The largest absolute Gasteiger partial charge is 0.454 e. The zero-order chi connectivity index (χ0) is 20.3. The lowest BCUT2D eigenvalue weighted by atomic mass is 10.1. The number of benzene rings is 2. The number of rotatable bonds is 6. The maximum atomic E-state index is 12.2. The van der Waals surface area contributed by atoms with Crippen molar-refractivity contribution in [2.45, 2.75) is 12.8 Å². The normalized spacial score (nSPS) is 13.5. The minimum Gasteiger partial charge on any atom is -0.454 e. The van der Waals surface area contributed by atoms with Gasteiger partial charge in [0.15, 0.2) is 12.4 Å². The molecule has 1 aliphatic heterocycles. The molecule has 0 N–H and O–H groups in total. The van der Waals surface area contributed by atoms with Crippen LogP contribution in [0.1, 0.15) is 33.6 Å². The molecule has 3 rings (SSSR count). The predicted molar refractivity (Wildman–Crippen MR) is 101 cm³/mol. The van der Waals surface area contributed by atoms with Gasteiger partial charge in [-0.05, 0) is 36.8 Å². The molecule has 1 fully saturated rings. The average Bonchev–Trinajstić information content (AvgIpc) is 3.12. The third-order valence-corrected chi connectivity index (χ3v) is 4.62. The number of amides is 1. The van der Waals surface area contributed by atoms with E-state index >= 15 is 0 Å². The van der Waals surface area contributed by atoms with E-state index in [4.69, 9.17) is 16.3 Å². The summed E-state index contributed by atoms with van der Waals surface area (Å²) >= 11 is 5.88. The molecule has 2 aromatic carbocycles. The Hall–Kier alpha value is -3.26. The molecule has 0 unspecified atom stereocenters. The van der Waals surface area contributed by atoms with E-state index in [9.17, 15) is 24.5 Å². The number of Topliss-reactive ketones (excluding diaryl/α,β-unsaturated/α-hetero) is 1. The first kappa shape index (κ1) is 19.5. The molecule has 0 aliphatic carbocycles. The van der Waals surface area contributed by atoms with E-state index in [1.165, 1.54) is 6.07 Å². The van der Waals surface area contributed by atoms with Gasteiger partial charge in [0.1, 0.15) is 0 Å². The topological polar surface area (TPSA) is 107 Å². The number of ketones is 1. The van der Waals surface area contributed by atoms with Gasteiger partial charge in [-0.25, -0.2) is 4.79 Å². The summed E-state index contributed by atoms with van der Waals surface area (Å²) in [6, 6.07) is 9.81. The van der Waals surface area contributed by atoms with Crippen LogP contribution in [-0.4, -0.2) is 35.7 Å². The van der Waals surface area contributed by atoms with Gasteiger partial charge in [0, 0.05) is 36.3 Å². The molecule has 8 nitrogen and oxygen atoms in total. The van der Waals surface area contributed by atoms with Gasteiger partial charge in [-0.1, -0.05) is 11.6 Å². The molecule has 9 heteroatoms. The summed E-state index contributed by atoms with van der Waals surface area (Å²) in [5.41, 5.74) is 0.522. The van der Waals surface area contributed by atoms with E-state index in [2.05, 4.69) is 0 Å². The van der Waals surface area contributed by atoms with Crippen LogP contribution in [0.4, 0.5) is 11.4 Å². The number of halogens is 1. The predicted octanol–water partition coefficient (Wildman–Crippen LogP) is 3.41. The molecule has 1 heterocycles. The van der Waals surface area contributed by atoms with E-state index < -0.39 is 23.3 Å². The summed E-state index contributed by atoms with van der Waals surface area (Å²) in [7, 11) is 0. The number of esters is 1. The summed E-state index contributed by atoms with van der Waals surface area (Å²) in [5, 5.41) is 10.8. The molecule has 0 aromatic heterocycles. The second kappa shape index (κ2) is 8.18. The van der Waals surface area contributed by atoms with E-state index in [-0.39, 0.29) is 22.2 Å². The van der Waals surface area contributed by atoms with Crippen molar-refractivity contribution in [1.82, 2.24) is 0 Å². The third kappa shape index (κ3) is 4.17. The lowest BCUT2D eigenvalue weighted by molar-refractivity contribution is -0.384. The molecule has 0 bridgehead atoms. The van der Waals surface area contributed by atoms with Crippen molar-refractivity contribution in [3.8, 4) is 0 Å². The Morgan fingerprint density at radius 1 is 1.18 bits per heavy atom. The average molecular weight is 403 g/mol. The zero-order valence-corrected chi connectivity index (χ0v) is 15.3. The fraction of sp³-hybridized carbons (Fsp3) is 0.211. The number of carbonyl (C=O) groups excluding carboxylic acids is 3. The highest BCUT2D eigenvalue weighted by Gasteiger charge is 2.22. The Morgan fingerprint density at radius 3 is 2.50 bits per heavy atom. The van der Waals surface area contributed by atoms with Crippen molar-refractivity contribution in [2.24, 2.45) is 0 Å². The summed E-state index contributed by atoms with van der Waals surface area (Å²) < 4.78 is 4.95. The van der Waals surface area contributed by atoms with Crippen molar-refractivity contribution in [3.63, 3.8) is 0 Å². The number of hydrogen-bond donors (Lipinski definition) is 0. The van der Waals surface area contributed by atoms with Gasteiger partial charge >= 0.3 is 5.97 Å². The first-order chi connectivity index (χ1) is 13.4. The highest BCUT2D eigenvalue weighted by molar-refractivity contribution is 6.33. The number of anilines is 1. The Labute approximate surface area is 164 Å². The van der Waals surface area contributed by atoms with Crippen LogP contribution in [0.2, 0.25) is 5.02 Å². The first-order valence-electron chi connectivity index (χ1n) is 8.41. The summed E-state index contributed by atoms with van der Waals surface area (Å²) in [6.07, 6.45) is 1.31. The molecule has 2 aromatic rings. The van der Waals surface area contributed by atoms with E-state index in [1.54, 1.807) is 29.2 Å². The first-order valence-corrected chi connectivity index (χ1v) is 8.79. The standard InChI is InChI=1S/C19H15ClN2O6/c20-16-8-7-14(22(26)27)10-15(16)19(25)28-11-17(23)12-3-5-13(6-4-12)21-9-1-2-18(21)24/h3-8,10H,1-2,9,11H2. The van der Waals surface area contributed by atoms with Crippen LogP contribution in [0.3, 0.4) is 0 Å². The number of hydrogen-bond acceptors (Lipinski definition) is 6. The number of nitro benzene ring substituents is 1. The molecular weight excluding hydrogens is 388 g/mol. The maximum absolute atomic E-state index is 12.2. The third-order valence-electron chi connectivity index (χ3n) is 4.29. The summed E-state index contributed by atoms with van der Waals surface area (Å²) in [4.78, 5) is 47.9. The van der Waals surface area contributed by atoms with Crippen molar-refractivity contribution in [1.29, 1.82) is 0 Å². The minimum atomic E-state index is -0.929. The Morgan fingerprint density at radius 2 is 1.89 bits per heavy atom. The zero-order valence-electron chi connectivity index (χ0n) is 14.6. The molecule has 28 heavy (non-hydrogen) atoms. The molecule has 0 radical (unpaired) electrons. The summed E-state index contributed by atoms with van der Waals surface area (Å²) in [6.45, 7) is 0.105. The van der Waals surface area contributed by atoms with Crippen molar-refractivity contribution < 1.29 is 24.0 Å². The second-order valence-electron chi connectivity index (χ2n) is 6.12. The summed E-state index contributed by atoms with van der Waals surface area (Å²) in [5.74, 6) is -1.34. The molecule has 1 amide bonds. The van der Waals surface area contributed by atoms with Crippen LogP contribution < -0.4 is 4.90 Å². The highest BCUT2D eigenvalue weighted by atomic mass is 35.5. The number of nitro groups is 1. The van der Waals surface area contributed by atoms with E-state index in [1.807, 2.05) is 0 Å². The van der Waals surface area contributed by atoms with Crippen molar-refractivity contribution in [3.05, 3.63) is 68.7 Å². The van der Waals surface area contributed by atoms with Gasteiger partial charge in [-0.3, -0.25) is 19.7 Å². The number of ether oxygens (including phenoxy) is 1. The van der Waals surface area contributed by atoms with Crippen LogP contribution >= 0.6 is 11.6 Å². The Balaban J connectivity index is 1.64. The Bertz CT molecular complexity index is 957. The van der Waals surface area contributed by atoms with Crippen molar-refractivity contribution >= 4 is 40.6 Å². The fourth-order valence-corrected chi connectivity index (χ4v) is 3.02. The Kier molecular flexibility index (Phi) is 5.70. The van der Waals surface area contributed by atoms with E-state index in [0.717, 1.165) is 18.6 Å². The van der Waals surface area contributed by atoms with Crippen LogP contribution in [-0.2, 0) is 9.53 Å². The SMILES string of the molecule is O=C(COC(=O)c1cc([N+](=O)[O-])ccc1Cl)c1ccc(N2CCCC2=O)cc1. The van der Waals surface area contributed by atoms with Gasteiger partial charge in [0.25, 0.3) is 5.69 Å². The highest BCUT2D eigenvalue weighted by Crippen LogP contribution is 2.24. The monoisotopic (exact) mass is 402 g/mol. The number of nitrogens with zero attached hydrogens (tertiary/aromatic N) is 2. The fourth-order valence-electron chi connectivity index (χ4n) is 2.82. The number of non-ortho nitro benzene ring substituents is 1. The van der Waals surface area contributed by atoms with Gasteiger partial charge in [-0.15, -0.1) is 0 Å². The van der Waals surface area contributed by atoms with Crippen LogP contribution in [0.15, 0.2) is 42.5 Å². The molecule has 0 saturated carbocycles. The second-order valence-corrected chi connectivity index (χ2v) is 6.52. The molecular formula is C19H15ClN2O6. The van der Waals surface area contributed by atoms with Gasteiger partial charge in [0.2, 0.25) is 5.91 Å². The molecule has 0 atom stereocenters. The van der Waals surface area contributed by atoms with Crippen LogP contribution in [0.5, 0.6) is 0 Å². The van der Waals surface area contributed by atoms with Gasteiger partial charge in [0.05, 0.1) is 15.5 Å². The quantitative estimate of drug-likeness (QED) is 0.317. The van der Waals surface area contributed by atoms with E-state index in [0.29, 0.717) is 24.2 Å². The molecule has 144 valence electrons. The molecule has 1 aliphatic rings. The molecule has 0 spiro atoms. The van der Waals surface area contributed by atoms with Crippen molar-refractivity contribution in [2.75, 3.05) is 18.1 Å². The van der Waals surface area contributed by atoms with Crippen LogP contribution in [0.25, 0.3) is 0 Å². The van der Waals surface area contributed by atoms with Gasteiger partial charge in [-0.2, -0.15) is 0 Å². The van der Waals surface area contributed by atoms with Gasteiger partial charge < -0.3 is 9.64 Å². The number of carbonyl (C=O) groups is 3. The smallest absolute Gasteiger partial charge is 0.340 e. The lowest BCUT2D eigenvalue weighted by Crippen LogP contribution is -2.23.